The van der Waals surface area contributed by atoms with E-state index in [0.29, 0.717) is 6.54 Å². The molecular formula is C16H15N3OS. The van der Waals surface area contributed by atoms with Crippen molar-refractivity contribution in [2.24, 2.45) is 5.73 Å². The lowest BCUT2D eigenvalue weighted by Gasteiger charge is -2.14. The highest BCUT2D eigenvalue weighted by Crippen LogP contribution is 2.22. The maximum atomic E-state index is 12.4. The molecule has 1 amide bonds. The number of benzene rings is 1. The van der Waals surface area contributed by atoms with Crippen molar-refractivity contribution in [2.45, 2.75) is 5.92 Å². The predicted molar refractivity (Wildman–Crippen MR) is 86.5 cm³/mol. The van der Waals surface area contributed by atoms with Crippen LogP contribution in [-0.4, -0.2) is 17.4 Å². The first kappa shape index (κ1) is 13.7. The summed E-state index contributed by atoms with van der Waals surface area (Å²) in [4.78, 5) is 16.5. The summed E-state index contributed by atoms with van der Waals surface area (Å²) in [7, 11) is 0. The van der Waals surface area contributed by atoms with E-state index >= 15 is 0 Å². The summed E-state index contributed by atoms with van der Waals surface area (Å²) in [5, 5.41) is 8.94. The normalized spacial score (nSPS) is 12.2. The fourth-order valence-electron chi connectivity index (χ4n) is 2.26. The molecule has 21 heavy (non-hydrogen) atoms. The minimum Gasteiger partial charge on any atom is -0.329 e. The van der Waals surface area contributed by atoms with E-state index in [0.717, 1.165) is 22.0 Å². The number of anilines is 1. The Kier molecular flexibility index (Phi) is 3.94. The minimum absolute atomic E-state index is 0.0793. The Bertz CT molecular complexity index is 755. The summed E-state index contributed by atoms with van der Waals surface area (Å²) in [5.74, 6) is -0.395. The van der Waals surface area contributed by atoms with Crippen molar-refractivity contribution in [2.75, 3.05) is 11.9 Å². The zero-order valence-corrected chi connectivity index (χ0v) is 12.1. The first-order chi connectivity index (χ1) is 10.3. The van der Waals surface area contributed by atoms with Crippen molar-refractivity contribution in [1.82, 2.24) is 4.98 Å². The van der Waals surface area contributed by atoms with Crippen LogP contribution in [-0.2, 0) is 4.79 Å². The molecule has 1 atom stereocenters. The van der Waals surface area contributed by atoms with Crippen molar-refractivity contribution < 1.29 is 4.79 Å². The SMILES string of the molecule is NCC(C(=O)Nc1ccc2cnccc2c1)c1ccsc1. The molecule has 3 N–H and O–H groups in total. The molecule has 2 aromatic heterocycles. The average molecular weight is 297 g/mol. The molecule has 1 unspecified atom stereocenters. The number of carbonyl (C=O) groups excluding carboxylic acids is 1. The van der Waals surface area contributed by atoms with Crippen LogP contribution in [0.5, 0.6) is 0 Å². The number of aromatic nitrogens is 1. The Balaban J connectivity index is 1.82. The van der Waals surface area contributed by atoms with Crippen LogP contribution >= 0.6 is 11.3 Å². The average Bonchev–Trinajstić information content (AvgIpc) is 3.02. The topological polar surface area (TPSA) is 68.0 Å². The van der Waals surface area contributed by atoms with Gasteiger partial charge in [-0.2, -0.15) is 11.3 Å². The van der Waals surface area contributed by atoms with Gasteiger partial charge in [-0.3, -0.25) is 9.78 Å². The van der Waals surface area contributed by atoms with Crippen LogP contribution in [0.15, 0.2) is 53.5 Å². The second-order valence-electron chi connectivity index (χ2n) is 4.77. The highest BCUT2D eigenvalue weighted by atomic mass is 32.1. The van der Waals surface area contributed by atoms with Gasteiger partial charge >= 0.3 is 0 Å². The lowest BCUT2D eigenvalue weighted by atomic mass is 10.0. The number of carbonyl (C=O) groups is 1. The Hall–Kier alpha value is -2.24. The summed E-state index contributed by atoms with van der Waals surface area (Å²) in [5.41, 5.74) is 7.48. The molecule has 4 nitrogen and oxygen atoms in total. The van der Waals surface area contributed by atoms with Crippen LogP contribution in [0.25, 0.3) is 10.8 Å². The van der Waals surface area contributed by atoms with Gasteiger partial charge in [-0.1, -0.05) is 6.07 Å². The van der Waals surface area contributed by atoms with Gasteiger partial charge in [0.25, 0.3) is 0 Å². The Labute approximate surface area is 126 Å². The van der Waals surface area contributed by atoms with Crippen molar-refractivity contribution in [3.63, 3.8) is 0 Å². The van der Waals surface area contributed by atoms with E-state index in [4.69, 9.17) is 5.73 Å². The molecule has 106 valence electrons. The van der Waals surface area contributed by atoms with Crippen molar-refractivity contribution in [3.05, 3.63) is 59.0 Å². The van der Waals surface area contributed by atoms with E-state index in [2.05, 4.69) is 10.3 Å². The Morgan fingerprint density at radius 3 is 2.95 bits per heavy atom. The predicted octanol–water partition coefficient (Wildman–Crippen LogP) is 2.98. The van der Waals surface area contributed by atoms with Gasteiger partial charge in [-0.25, -0.2) is 0 Å². The van der Waals surface area contributed by atoms with Gasteiger partial charge in [0, 0.05) is 30.0 Å². The van der Waals surface area contributed by atoms with E-state index in [1.165, 1.54) is 0 Å². The molecule has 0 aliphatic carbocycles. The smallest absolute Gasteiger partial charge is 0.233 e. The number of nitrogens with zero attached hydrogens (tertiary/aromatic N) is 1. The number of nitrogens with two attached hydrogens (primary N) is 1. The molecule has 0 radical (unpaired) electrons. The van der Waals surface area contributed by atoms with Crippen LogP contribution in [0, 0.1) is 0 Å². The van der Waals surface area contributed by atoms with Crippen LogP contribution < -0.4 is 11.1 Å². The molecule has 5 heteroatoms. The lowest BCUT2D eigenvalue weighted by molar-refractivity contribution is -0.117. The van der Waals surface area contributed by atoms with Gasteiger partial charge in [-0.15, -0.1) is 0 Å². The lowest BCUT2D eigenvalue weighted by Crippen LogP contribution is -2.27. The number of thiophene rings is 1. The summed E-state index contributed by atoms with van der Waals surface area (Å²) in [6.07, 6.45) is 3.54. The fourth-order valence-corrected chi connectivity index (χ4v) is 2.97. The number of hydrogen-bond acceptors (Lipinski definition) is 4. The number of rotatable bonds is 4. The minimum atomic E-state index is -0.315. The number of nitrogens with one attached hydrogen (secondary N) is 1. The number of pyridine rings is 1. The Morgan fingerprint density at radius 1 is 1.29 bits per heavy atom. The van der Waals surface area contributed by atoms with Gasteiger partial charge in [0.2, 0.25) is 5.91 Å². The second kappa shape index (κ2) is 6.03. The van der Waals surface area contributed by atoms with Gasteiger partial charge in [0.15, 0.2) is 0 Å². The zero-order valence-electron chi connectivity index (χ0n) is 11.3. The fraction of sp³-hybridized carbons (Fsp3) is 0.125. The quantitative estimate of drug-likeness (QED) is 0.778. The Morgan fingerprint density at radius 2 is 2.19 bits per heavy atom. The van der Waals surface area contributed by atoms with Crippen LogP contribution in [0.3, 0.4) is 0 Å². The first-order valence-electron chi connectivity index (χ1n) is 6.65. The molecule has 0 saturated heterocycles. The third-order valence-electron chi connectivity index (χ3n) is 3.41. The van der Waals surface area contributed by atoms with E-state index in [1.54, 1.807) is 23.7 Å². The van der Waals surface area contributed by atoms with Crippen LogP contribution in [0.4, 0.5) is 5.69 Å². The molecule has 0 bridgehead atoms. The number of amides is 1. The van der Waals surface area contributed by atoms with E-state index in [1.807, 2.05) is 41.1 Å². The van der Waals surface area contributed by atoms with E-state index in [-0.39, 0.29) is 11.8 Å². The molecule has 0 fully saturated rings. The third kappa shape index (κ3) is 2.94. The second-order valence-corrected chi connectivity index (χ2v) is 5.55. The third-order valence-corrected chi connectivity index (χ3v) is 4.11. The number of fused-ring (bicyclic) bond motifs is 1. The van der Waals surface area contributed by atoms with Crippen molar-refractivity contribution in [3.8, 4) is 0 Å². The van der Waals surface area contributed by atoms with Gasteiger partial charge in [0.05, 0.1) is 5.92 Å². The number of hydrogen-bond donors (Lipinski definition) is 2. The first-order valence-corrected chi connectivity index (χ1v) is 7.59. The molecule has 2 heterocycles. The van der Waals surface area contributed by atoms with Gasteiger partial charge < -0.3 is 11.1 Å². The highest BCUT2D eigenvalue weighted by Gasteiger charge is 2.19. The van der Waals surface area contributed by atoms with Crippen molar-refractivity contribution >= 4 is 33.7 Å². The van der Waals surface area contributed by atoms with E-state index < -0.39 is 0 Å². The monoisotopic (exact) mass is 297 g/mol. The maximum absolute atomic E-state index is 12.4. The summed E-state index contributed by atoms with van der Waals surface area (Å²) in [6.45, 7) is 0.292. The van der Waals surface area contributed by atoms with Gasteiger partial charge in [-0.05, 0) is 46.0 Å². The van der Waals surface area contributed by atoms with Crippen LogP contribution in [0.2, 0.25) is 0 Å². The molecule has 0 aliphatic rings. The largest absolute Gasteiger partial charge is 0.329 e. The van der Waals surface area contributed by atoms with Crippen molar-refractivity contribution in [1.29, 1.82) is 0 Å². The molecule has 3 rings (SSSR count). The van der Waals surface area contributed by atoms with Gasteiger partial charge in [0.1, 0.15) is 0 Å². The molecular weight excluding hydrogens is 282 g/mol. The molecule has 0 saturated carbocycles. The molecule has 0 spiro atoms. The summed E-state index contributed by atoms with van der Waals surface area (Å²) in [6, 6.07) is 9.62. The van der Waals surface area contributed by atoms with E-state index in [9.17, 15) is 4.79 Å². The highest BCUT2D eigenvalue weighted by molar-refractivity contribution is 7.08. The zero-order chi connectivity index (χ0) is 14.7. The van der Waals surface area contributed by atoms with Crippen LogP contribution in [0.1, 0.15) is 11.5 Å². The molecule has 0 aliphatic heterocycles. The molecule has 1 aromatic carbocycles. The summed E-state index contributed by atoms with van der Waals surface area (Å²) >= 11 is 1.57. The maximum Gasteiger partial charge on any atom is 0.233 e. The summed E-state index contributed by atoms with van der Waals surface area (Å²) < 4.78 is 0. The molecule has 3 aromatic rings. The standard InChI is InChI=1S/C16H15N3OS/c17-8-15(13-4-6-21-10-13)16(20)19-14-2-1-12-9-18-5-3-11(12)7-14/h1-7,9-10,15H,8,17H2,(H,19,20).